The van der Waals surface area contributed by atoms with Gasteiger partial charge in [0.1, 0.15) is 0 Å². The maximum Gasteiger partial charge on any atom is 0.251 e. The Balaban J connectivity index is 2.28. The van der Waals surface area contributed by atoms with Crippen LogP contribution in [0.4, 0.5) is 0 Å². The van der Waals surface area contributed by atoms with Gasteiger partial charge in [-0.1, -0.05) is 22.0 Å². The van der Waals surface area contributed by atoms with E-state index in [1.807, 2.05) is 12.1 Å². The summed E-state index contributed by atoms with van der Waals surface area (Å²) in [6.07, 6.45) is 0.722. The highest BCUT2D eigenvalue weighted by molar-refractivity contribution is 9.10. The van der Waals surface area contributed by atoms with Gasteiger partial charge in [0.05, 0.1) is 0 Å². The molecule has 0 aliphatic heterocycles. The highest BCUT2D eigenvalue weighted by Crippen LogP contribution is 2.11. The Morgan fingerprint density at radius 1 is 1.24 bits per heavy atom. The molecule has 0 bridgehead atoms. The van der Waals surface area contributed by atoms with Gasteiger partial charge in [0.25, 0.3) is 5.91 Å². The average molecular weight is 299 g/mol. The second kappa shape index (κ2) is 7.06. The van der Waals surface area contributed by atoms with Crippen molar-refractivity contribution < 1.29 is 9.59 Å². The Morgan fingerprint density at radius 2 is 1.94 bits per heavy atom. The second-order valence-electron chi connectivity index (χ2n) is 3.60. The molecule has 92 valence electrons. The first-order valence-corrected chi connectivity index (χ1v) is 6.17. The molecule has 5 heteroatoms. The molecule has 0 fully saturated rings. The molecule has 0 aromatic heterocycles. The van der Waals surface area contributed by atoms with Gasteiger partial charge in [-0.05, 0) is 24.6 Å². The Bertz CT molecular complexity index is 407. The van der Waals surface area contributed by atoms with Crippen LogP contribution in [-0.4, -0.2) is 24.9 Å². The number of amides is 2. The topological polar surface area (TPSA) is 58.2 Å². The van der Waals surface area contributed by atoms with Crippen LogP contribution < -0.4 is 10.6 Å². The molecule has 17 heavy (non-hydrogen) atoms. The Morgan fingerprint density at radius 3 is 2.59 bits per heavy atom. The van der Waals surface area contributed by atoms with Crippen LogP contribution >= 0.6 is 15.9 Å². The van der Waals surface area contributed by atoms with Crippen LogP contribution in [0, 0.1) is 0 Å². The minimum atomic E-state index is -0.103. The predicted molar refractivity (Wildman–Crippen MR) is 69.8 cm³/mol. The summed E-state index contributed by atoms with van der Waals surface area (Å²) >= 11 is 3.31. The molecule has 2 N–H and O–H groups in total. The van der Waals surface area contributed by atoms with Crippen molar-refractivity contribution in [2.24, 2.45) is 0 Å². The summed E-state index contributed by atoms with van der Waals surface area (Å²) in [5, 5.41) is 5.46. The summed E-state index contributed by atoms with van der Waals surface area (Å²) in [4.78, 5) is 22.3. The zero-order chi connectivity index (χ0) is 12.7. The van der Waals surface area contributed by atoms with E-state index in [-0.39, 0.29) is 11.8 Å². The first-order chi connectivity index (χ1) is 8.09. The van der Waals surface area contributed by atoms with E-state index in [4.69, 9.17) is 0 Å². The summed E-state index contributed by atoms with van der Waals surface area (Å²) in [7, 11) is 0. The lowest BCUT2D eigenvalue weighted by Crippen LogP contribution is -2.28. The second-order valence-corrected chi connectivity index (χ2v) is 4.52. The molecule has 0 atom stereocenters. The van der Waals surface area contributed by atoms with Gasteiger partial charge in [-0.25, -0.2) is 0 Å². The van der Waals surface area contributed by atoms with Gasteiger partial charge in [0, 0.05) is 30.0 Å². The van der Waals surface area contributed by atoms with E-state index in [2.05, 4.69) is 26.6 Å². The zero-order valence-corrected chi connectivity index (χ0v) is 11.2. The molecule has 1 aromatic rings. The van der Waals surface area contributed by atoms with E-state index in [0.717, 1.165) is 10.9 Å². The fraction of sp³-hybridized carbons (Fsp3) is 0.333. The van der Waals surface area contributed by atoms with Crippen molar-refractivity contribution in [1.82, 2.24) is 10.6 Å². The van der Waals surface area contributed by atoms with Gasteiger partial charge >= 0.3 is 0 Å². The SMILES string of the molecule is CC(=O)NCCCNC(=O)c1cccc(Br)c1. The van der Waals surface area contributed by atoms with E-state index >= 15 is 0 Å². The fourth-order valence-electron chi connectivity index (χ4n) is 1.29. The Labute approximate surface area is 109 Å². The van der Waals surface area contributed by atoms with Gasteiger partial charge < -0.3 is 10.6 Å². The van der Waals surface area contributed by atoms with E-state index in [1.165, 1.54) is 6.92 Å². The molecule has 0 heterocycles. The Hall–Kier alpha value is -1.36. The molecule has 0 saturated carbocycles. The van der Waals surface area contributed by atoms with Crippen molar-refractivity contribution in [3.63, 3.8) is 0 Å². The van der Waals surface area contributed by atoms with Crippen LogP contribution in [0.2, 0.25) is 0 Å². The van der Waals surface area contributed by atoms with Crippen LogP contribution in [0.25, 0.3) is 0 Å². The third-order valence-electron chi connectivity index (χ3n) is 2.10. The van der Waals surface area contributed by atoms with E-state index in [0.29, 0.717) is 18.7 Å². The number of hydrogen-bond donors (Lipinski definition) is 2. The molecule has 2 amide bonds. The molecular formula is C12H15BrN2O2. The number of hydrogen-bond acceptors (Lipinski definition) is 2. The van der Waals surface area contributed by atoms with Gasteiger partial charge in [0.2, 0.25) is 5.91 Å². The van der Waals surface area contributed by atoms with Crippen LogP contribution in [0.1, 0.15) is 23.7 Å². The summed E-state index contributed by atoms with van der Waals surface area (Å²) < 4.78 is 0.878. The molecule has 0 radical (unpaired) electrons. The largest absolute Gasteiger partial charge is 0.356 e. The van der Waals surface area contributed by atoms with Crippen molar-refractivity contribution in [3.05, 3.63) is 34.3 Å². The molecule has 0 aliphatic carbocycles. The summed E-state index contributed by atoms with van der Waals surface area (Å²) in [5.74, 6) is -0.155. The minimum absolute atomic E-state index is 0.0525. The number of benzene rings is 1. The van der Waals surface area contributed by atoms with E-state index in [1.54, 1.807) is 12.1 Å². The lowest BCUT2D eigenvalue weighted by Gasteiger charge is -2.05. The van der Waals surface area contributed by atoms with Crippen molar-refractivity contribution in [2.75, 3.05) is 13.1 Å². The first kappa shape index (κ1) is 13.7. The predicted octanol–water partition coefficient (Wildman–Crippen LogP) is 1.71. The molecule has 1 aromatic carbocycles. The quantitative estimate of drug-likeness (QED) is 0.813. The summed E-state index contributed by atoms with van der Waals surface area (Å²) in [5.41, 5.74) is 0.624. The van der Waals surface area contributed by atoms with Crippen molar-refractivity contribution >= 4 is 27.7 Å². The third-order valence-corrected chi connectivity index (χ3v) is 2.59. The van der Waals surface area contributed by atoms with Gasteiger partial charge in [-0.15, -0.1) is 0 Å². The maximum absolute atomic E-state index is 11.7. The number of rotatable bonds is 5. The fourth-order valence-corrected chi connectivity index (χ4v) is 1.69. The maximum atomic E-state index is 11.7. The van der Waals surface area contributed by atoms with Gasteiger partial charge in [-0.2, -0.15) is 0 Å². The summed E-state index contributed by atoms with van der Waals surface area (Å²) in [6, 6.07) is 7.21. The molecule has 1 rings (SSSR count). The molecular weight excluding hydrogens is 284 g/mol. The first-order valence-electron chi connectivity index (χ1n) is 5.38. The smallest absolute Gasteiger partial charge is 0.251 e. The van der Waals surface area contributed by atoms with Crippen LogP contribution in [0.3, 0.4) is 0 Å². The molecule has 0 unspecified atom stereocenters. The monoisotopic (exact) mass is 298 g/mol. The Kier molecular flexibility index (Phi) is 5.69. The zero-order valence-electron chi connectivity index (χ0n) is 9.63. The highest BCUT2D eigenvalue weighted by atomic mass is 79.9. The van der Waals surface area contributed by atoms with E-state index in [9.17, 15) is 9.59 Å². The number of carbonyl (C=O) groups is 2. The lowest BCUT2D eigenvalue weighted by molar-refractivity contribution is -0.118. The highest BCUT2D eigenvalue weighted by Gasteiger charge is 2.04. The van der Waals surface area contributed by atoms with Crippen LogP contribution in [0.5, 0.6) is 0 Å². The lowest BCUT2D eigenvalue weighted by atomic mass is 10.2. The van der Waals surface area contributed by atoms with Crippen LogP contribution in [-0.2, 0) is 4.79 Å². The normalized spacial score (nSPS) is 9.76. The molecule has 0 spiro atoms. The van der Waals surface area contributed by atoms with Gasteiger partial charge in [0.15, 0.2) is 0 Å². The molecule has 0 aliphatic rings. The molecule has 4 nitrogen and oxygen atoms in total. The molecule has 0 saturated heterocycles. The number of nitrogens with one attached hydrogen (secondary N) is 2. The van der Waals surface area contributed by atoms with Crippen molar-refractivity contribution in [3.8, 4) is 0 Å². The van der Waals surface area contributed by atoms with E-state index < -0.39 is 0 Å². The average Bonchev–Trinajstić information content (AvgIpc) is 2.28. The van der Waals surface area contributed by atoms with Crippen molar-refractivity contribution in [2.45, 2.75) is 13.3 Å². The van der Waals surface area contributed by atoms with Gasteiger partial charge in [-0.3, -0.25) is 9.59 Å². The van der Waals surface area contributed by atoms with Crippen LogP contribution in [0.15, 0.2) is 28.7 Å². The summed E-state index contributed by atoms with van der Waals surface area (Å²) in [6.45, 7) is 2.60. The van der Waals surface area contributed by atoms with Crippen molar-refractivity contribution in [1.29, 1.82) is 0 Å². The number of halogens is 1. The minimum Gasteiger partial charge on any atom is -0.356 e. The standard InChI is InChI=1S/C12H15BrN2O2/c1-9(16)14-6-3-7-15-12(17)10-4-2-5-11(13)8-10/h2,4-5,8H,3,6-7H2,1H3,(H,14,16)(H,15,17). The number of carbonyl (C=O) groups excluding carboxylic acids is 2. The third kappa shape index (κ3) is 5.49.